The van der Waals surface area contributed by atoms with Gasteiger partial charge in [0.2, 0.25) is 5.91 Å². The molecule has 11 heavy (non-hydrogen) atoms. The summed E-state index contributed by atoms with van der Waals surface area (Å²) in [5, 5.41) is 2.77. The molecule has 0 spiro atoms. The van der Waals surface area contributed by atoms with Crippen LogP contribution in [0.1, 0.15) is 33.1 Å². The lowest BCUT2D eigenvalue weighted by atomic mass is 10.3. The molecule has 0 aliphatic rings. The molecule has 0 atom stereocenters. The van der Waals surface area contributed by atoms with Gasteiger partial charge in [-0.3, -0.25) is 4.79 Å². The number of nitrogens with one attached hydrogen (secondary N) is 1. The van der Waals surface area contributed by atoms with E-state index in [1.807, 2.05) is 13.0 Å². The fourth-order valence-corrected chi connectivity index (χ4v) is 0.664. The molecule has 0 aliphatic carbocycles. The van der Waals surface area contributed by atoms with Gasteiger partial charge in [-0.05, 0) is 18.9 Å². The van der Waals surface area contributed by atoms with E-state index in [4.69, 9.17) is 0 Å². The van der Waals surface area contributed by atoms with E-state index in [1.54, 1.807) is 6.08 Å². The predicted octanol–water partition coefficient (Wildman–Crippen LogP) is 1.87. The van der Waals surface area contributed by atoms with Crippen molar-refractivity contribution in [2.75, 3.05) is 6.54 Å². The zero-order valence-corrected chi connectivity index (χ0v) is 7.39. The smallest absolute Gasteiger partial charge is 0.243 e. The van der Waals surface area contributed by atoms with Crippen LogP contribution in [0.15, 0.2) is 12.2 Å². The summed E-state index contributed by atoms with van der Waals surface area (Å²) in [5.41, 5.74) is 0. The quantitative estimate of drug-likeness (QED) is 0.603. The lowest BCUT2D eigenvalue weighted by molar-refractivity contribution is -0.116. The number of unbranched alkanes of at least 4 members (excludes halogenated alkanes) is 1. The molecule has 2 nitrogen and oxygen atoms in total. The highest BCUT2D eigenvalue weighted by Gasteiger charge is 1.89. The Balaban J connectivity index is 3.35. The van der Waals surface area contributed by atoms with Gasteiger partial charge in [-0.15, -0.1) is 0 Å². The first-order valence-corrected chi connectivity index (χ1v) is 4.25. The van der Waals surface area contributed by atoms with Crippen molar-refractivity contribution in [1.82, 2.24) is 5.32 Å². The van der Waals surface area contributed by atoms with Crippen LogP contribution in [-0.4, -0.2) is 12.5 Å². The molecule has 0 fully saturated rings. The van der Waals surface area contributed by atoms with Crippen LogP contribution in [0, 0.1) is 0 Å². The van der Waals surface area contributed by atoms with Crippen LogP contribution in [0.5, 0.6) is 0 Å². The average Bonchev–Trinajstić information content (AvgIpc) is 2.01. The Morgan fingerprint density at radius 1 is 1.36 bits per heavy atom. The van der Waals surface area contributed by atoms with Gasteiger partial charge in [0.05, 0.1) is 0 Å². The summed E-state index contributed by atoms with van der Waals surface area (Å²) in [4.78, 5) is 10.9. The minimum Gasteiger partial charge on any atom is -0.353 e. The first-order chi connectivity index (χ1) is 5.31. The van der Waals surface area contributed by atoms with E-state index >= 15 is 0 Å². The number of carbonyl (C=O) groups is 1. The fraction of sp³-hybridized carbons (Fsp3) is 0.667. The van der Waals surface area contributed by atoms with E-state index in [0.717, 1.165) is 25.8 Å². The topological polar surface area (TPSA) is 29.1 Å². The van der Waals surface area contributed by atoms with E-state index in [1.165, 1.54) is 0 Å². The Morgan fingerprint density at radius 3 is 2.64 bits per heavy atom. The van der Waals surface area contributed by atoms with E-state index in [9.17, 15) is 4.79 Å². The summed E-state index contributed by atoms with van der Waals surface area (Å²) in [6.07, 6.45) is 6.59. The maximum Gasteiger partial charge on any atom is 0.243 e. The number of carbonyl (C=O) groups excluding carboxylic acids is 1. The van der Waals surface area contributed by atoms with E-state index in [0.29, 0.717) is 0 Å². The summed E-state index contributed by atoms with van der Waals surface area (Å²) in [7, 11) is 0. The van der Waals surface area contributed by atoms with Crippen LogP contribution in [0.4, 0.5) is 0 Å². The van der Waals surface area contributed by atoms with Crippen molar-refractivity contribution < 1.29 is 4.79 Å². The molecule has 1 amide bonds. The number of rotatable bonds is 5. The minimum atomic E-state index is 0.0281. The van der Waals surface area contributed by atoms with E-state index in [2.05, 4.69) is 12.2 Å². The van der Waals surface area contributed by atoms with Gasteiger partial charge < -0.3 is 5.32 Å². The molecule has 0 unspecified atom stereocenters. The highest BCUT2D eigenvalue weighted by atomic mass is 16.1. The van der Waals surface area contributed by atoms with Crippen molar-refractivity contribution in [2.24, 2.45) is 0 Å². The van der Waals surface area contributed by atoms with Crippen LogP contribution in [0.25, 0.3) is 0 Å². The van der Waals surface area contributed by atoms with Crippen molar-refractivity contribution in [2.45, 2.75) is 33.1 Å². The van der Waals surface area contributed by atoms with Crippen LogP contribution < -0.4 is 5.32 Å². The van der Waals surface area contributed by atoms with Crippen LogP contribution in [0.2, 0.25) is 0 Å². The zero-order valence-electron chi connectivity index (χ0n) is 7.39. The fourth-order valence-electron chi connectivity index (χ4n) is 0.664. The summed E-state index contributed by atoms with van der Waals surface area (Å²) >= 11 is 0. The molecule has 64 valence electrons. The molecule has 0 aromatic rings. The summed E-state index contributed by atoms with van der Waals surface area (Å²) < 4.78 is 0. The third kappa shape index (κ3) is 7.10. The number of hydrogen-bond acceptors (Lipinski definition) is 1. The third-order valence-corrected chi connectivity index (χ3v) is 1.27. The van der Waals surface area contributed by atoms with Crippen molar-refractivity contribution in [1.29, 1.82) is 0 Å². The van der Waals surface area contributed by atoms with Crippen LogP contribution >= 0.6 is 0 Å². The molecule has 0 radical (unpaired) electrons. The standard InChI is InChI=1S/C9H17NO/c1-3-5-6-7-9(11)10-8-4-2/h6-7H,3-5,8H2,1-2H3,(H,10,11)/b7-6+. The van der Waals surface area contributed by atoms with Crippen molar-refractivity contribution >= 4 is 5.91 Å². The second-order valence-electron chi connectivity index (χ2n) is 2.48. The minimum absolute atomic E-state index is 0.0281. The first kappa shape index (κ1) is 10.2. The number of allylic oxidation sites excluding steroid dienone is 1. The second-order valence-corrected chi connectivity index (χ2v) is 2.48. The SMILES string of the molecule is CCC/C=C/C(=O)NCCC. The Kier molecular flexibility index (Phi) is 6.79. The zero-order chi connectivity index (χ0) is 8.53. The van der Waals surface area contributed by atoms with Gasteiger partial charge in [-0.1, -0.05) is 26.3 Å². The predicted molar refractivity (Wildman–Crippen MR) is 47.3 cm³/mol. The van der Waals surface area contributed by atoms with Gasteiger partial charge in [0, 0.05) is 6.54 Å². The highest BCUT2D eigenvalue weighted by molar-refractivity contribution is 5.87. The van der Waals surface area contributed by atoms with Crippen molar-refractivity contribution in [3.63, 3.8) is 0 Å². The number of amides is 1. The normalized spacial score (nSPS) is 10.4. The molecule has 0 heterocycles. The second kappa shape index (κ2) is 7.32. The van der Waals surface area contributed by atoms with Gasteiger partial charge in [-0.25, -0.2) is 0 Å². The van der Waals surface area contributed by atoms with Gasteiger partial charge in [-0.2, -0.15) is 0 Å². The van der Waals surface area contributed by atoms with Crippen molar-refractivity contribution in [3.05, 3.63) is 12.2 Å². The van der Waals surface area contributed by atoms with Gasteiger partial charge in [0.15, 0.2) is 0 Å². The molecule has 0 aromatic carbocycles. The molecular formula is C9H17NO. The van der Waals surface area contributed by atoms with E-state index < -0.39 is 0 Å². The average molecular weight is 155 g/mol. The Bertz CT molecular complexity index is 130. The molecule has 0 saturated carbocycles. The molecule has 2 heteroatoms. The lowest BCUT2D eigenvalue weighted by Crippen LogP contribution is -2.21. The summed E-state index contributed by atoms with van der Waals surface area (Å²) in [6.45, 7) is 4.90. The molecule has 0 aromatic heterocycles. The Morgan fingerprint density at radius 2 is 2.09 bits per heavy atom. The third-order valence-electron chi connectivity index (χ3n) is 1.27. The summed E-state index contributed by atoms with van der Waals surface area (Å²) in [6, 6.07) is 0. The van der Waals surface area contributed by atoms with Gasteiger partial charge >= 0.3 is 0 Å². The van der Waals surface area contributed by atoms with Gasteiger partial charge in [0.1, 0.15) is 0 Å². The molecule has 0 bridgehead atoms. The van der Waals surface area contributed by atoms with Crippen molar-refractivity contribution in [3.8, 4) is 0 Å². The lowest BCUT2D eigenvalue weighted by Gasteiger charge is -1.96. The molecule has 0 rings (SSSR count). The van der Waals surface area contributed by atoms with Crippen LogP contribution in [-0.2, 0) is 4.79 Å². The number of hydrogen-bond donors (Lipinski definition) is 1. The molecular weight excluding hydrogens is 138 g/mol. The maximum absolute atomic E-state index is 10.9. The maximum atomic E-state index is 10.9. The summed E-state index contributed by atoms with van der Waals surface area (Å²) in [5.74, 6) is 0.0281. The highest BCUT2D eigenvalue weighted by Crippen LogP contribution is 1.87. The molecule has 1 N–H and O–H groups in total. The first-order valence-electron chi connectivity index (χ1n) is 4.25. The van der Waals surface area contributed by atoms with E-state index in [-0.39, 0.29) is 5.91 Å². The molecule has 0 saturated heterocycles. The Hall–Kier alpha value is -0.790. The monoisotopic (exact) mass is 155 g/mol. The Labute approximate surface area is 68.7 Å². The largest absolute Gasteiger partial charge is 0.353 e. The van der Waals surface area contributed by atoms with Gasteiger partial charge in [0.25, 0.3) is 0 Å². The van der Waals surface area contributed by atoms with Crippen LogP contribution in [0.3, 0.4) is 0 Å². The molecule has 0 aliphatic heterocycles.